The standard InChI is InChI=1S/C24H19BrN2OS/c25-21-13-11-19(12-14-21)22-17-29-24(26-23(28)20-9-5-2-6-10-20)27(22)16-15-18-7-3-1-4-8-18/h1-14,17H,15-16H2. The first-order valence-corrected chi connectivity index (χ1v) is 11.0. The van der Waals surface area contributed by atoms with E-state index in [-0.39, 0.29) is 5.91 Å². The average Bonchev–Trinajstić information content (AvgIpc) is 3.16. The molecule has 0 saturated carbocycles. The van der Waals surface area contributed by atoms with Crippen molar-refractivity contribution < 1.29 is 4.79 Å². The summed E-state index contributed by atoms with van der Waals surface area (Å²) in [6.45, 7) is 0.750. The summed E-state index contributed by atoms with van der Waals surface area (Å²) < 4.78 is 3.18. The minimum absolute atomic E-state index is 0.219. The van der Waals surface area contributed by atoms with Crippen LogP contribution in [0.3, 0.4) is 0 Å². The molecule has 0 atom stereocenters. The second kappa shape index (κ2) is 9.16. The fourth-order valence-corrected chi connectivity index (χ4v) is 4.30. The summed E-state index contributed by atoms with van der Waals surface area (Å²) in [7, 11) is 0. The van der Waals surface area contributed by atoms with Crippen molar-refractivity contribution in [3.8, 4) is 11.3 Å². The van der Waals surface area contributed by atoms with Crippen LogP contribution in [0.5, 0.6) is 0 Å². The lowest BCUT2D eigenvalue weighted by Crippen LogP contribution is -2.19. The van der Waals surface area contributed by atoms with Crippen LogP contribution in [0.4, 0.5) is 0 Å². The molecule has 0 bridgehead atoms. The number of hydrogen-bond acceptors (Lipinski definition) is 2. The summed E-state index contributed by atoms with van der Waals surface area (Å²) in [4.78, 5) is 17.8. The first-order valence-electron chi connectivity index (χ1n) is 9.33. The molecular weight excluding hydrogens is 444 g/mol. The number of halogens is 1. The number of hydrogen-bond donors (Lipinski definition) is 0. The Hall–Kier alpha value is -2.76. The molecule has 0 N–H and O–H groups in total. The van der Waals surface area contributed by atoms with E-state index in [1.165, 1.54) is 16.9 Å². The van der Waals surface area contributed by atoms with E-state index < -0.39 is 0 Å². The molecule has 1 amide bonds. The molecule has 0 aliphatic carbocycles. The molecule has 1 aromatic heterocycles. The van der Waals surface area contributed by atoms with E-state index in [0.29, 0.717) is 10.4 Å². The van der Waals surface area contributed by atoms with Crippen LogP contribution in [-0.4, -0.2) is 10.5 Å². The quantitative estimate of drug-likeness (QED) is 0.360. The van der Waals surface area contributed by atoms with E-state index >= 15 is 0 Å². The maximum atomic E-state index is 12.7. The first-order chi connectivity index (χ1) is 14.2. The highest BCUT2D eigenvalue weighted by Gasteiger charge is 2.11. The third kappa shape index (κ3) is 4.81. The van der Waals surface area contributed by atoms with Crippen LogP contribution in [0.25, 0.3) is 11.3 Å². The molecule has 0 saturated heterocycles. The van der Waals surface area contributed by atoms with E-state index in [1.54, 1.807) is 12.1 Å². The molecule has 3 nitrogen and oxygen atoms in total. The summed E-state index contributed by atoms with van der Waals surface area (Å²) in [5.41, 5.74) is 4.03. The lowest BCUT2D eigenvalue weighted by molar-refractivity contribution is 0.0998. The number of aromatic nitrogens is 1. The van der Waals surface area contributed by atoms with E-state index in [0.717, 1.165) is 28.7 Å². The molecular formula is C24H19BrN2OS. The van der Waals surface area contributed by atoms with Crippen LogP contribution < -0.4 is 4.80 Å². The van der Waals surface area contributed by atoms with Crippen LogP contribution in [0.2, 0.25) is 0 Å². The summed E-state index contributed by atoms with van der Waals surface area (Å²) >= 11 is 4.99. The molecule has 0 unspecified atom stereocenters. The number of amides is 1. The second-order valence-electron chi connectivity index (χ2n) is 6.58. The van der Waals surface area contributed by atoms with E-state index in [4.69, 9.17) is 0 Å². The van der Waals surface area contributed by atoms with Crippen LogP contribution in [0.15, 0.2) is 99.8 Å². The lowest BCUT2D eigenvalue weighted by atomic mass is 10.1. The number of rotatable bonds is 5. The van der Waals surface area contributed by atoms with Crippen LogP contribution in [-0.2, 0) is 13.0 Å². The highest BCUT2D eigenvalue weighted by Crippen LogP contribution is 2.23. The van der Waals surface area contributed by atoms with Gasteiger partial charge in [0.05, 0.1) is 5.69 Å². The topological polar surface area (TPSA) is 34.4 Å². The molecule has 1 heterocycles. The number of aryl methyl sites for hydroxylation is 1. The Labute approximate surface area is 182 Å². The maximum absolute atomic E-state index is 12.7. The van der Waals surface area contributed by atoms with Crippen molar-refractivity contribution in [2.24, 2.45) is 4.99 Å². The molecule has 4 rings (SSSR count). The smallest absolute Gasteiger partial charge is 0.279 e. The minimum atomic E-state index is -0.219. The van der Waals surface area contributed by atoms with Gasteiger partial charge in [0.2, 0.25) is 0 Å². The Kier molecular flexibility index (Phi) is 6.17. The predicted molar refractivity (Wildman–Crippen MR) is 122 cm³/mol. The van der Waals surface area contributed by atoms with Crippen LogP contribution in [0.1, 0.15) is 15.9 Å². The molecule has 29 heavy (non-hydrogen) atoms. The predicted octanol–water partition coefficient (Wildman–Crippen LogP) is 5.96. The zero-order chi connectivity index (χ0) is 20.1. The SMILES string of the molecule is O=C(N=c1scc(-c2ccc(Br)cc2)n1CCc1ccccc1)c1ccccc1. The summed E-state index contributed by atoms with van der Waals surface area (Å²) in [5.74, 6) is -0.219. The summed E-state index contributed by atoms with van der Waals surface area (Å²) in [6, 6.07) is 27.8. The molecule has 0 spiro atoms. The molecule has 0 fully saturated rings. The third-order valence-electron chi connectivity index (χ3n) is 4.62. The van der Waals surface area contributed by atoms with E-state index in [1.807, 2.05) is 48.5 Å². The van der Waals surface area contributed by atoms with E-state index in [2.05, 4.69) is 55.1 Å². The van der Waals surface area contributed by atoms with Crippen molar-refractivity contribution >= 4 is 33.2 Å². The largest absolute Gasteiger partial charge is 0.316 e. The van der Waals surface area contributed by atoms with Gasteiger partial charge in [-0.3, -0.25) is 4.79 Å². The van der Waals surface area contributed by atoms with Gasteiger partial charge in [-0.25, -0.2) is 0 Å². The van der Waals surface area contributed by atoms with Crippen molar-refractivity contribution in [2.45, 2.75) is 13.0 Å². The Bertz CT molecular complexity index is 1160. The average molecular weight is 463 g/mol. The van der Waals surface area contributed by atoms with Crippen LogP contribution >= 0.6 is 27.3 Å². The fourth-order valence-electron chi connectivity index (χ4n) is 3.10. The first kappa shape index (κ1) is 19.6. The van der Waals surface area contributed by atoms with Gasteiger partial charge in [-0.1, -0.05) is 76.6 Å². The molecule has 144 valence electrons. The van der Waals surface area contributed by atoms with Gasteiger partial charge in [-0.05, 0) is 41.8 Å². The number of thiazole rings is 1. The minimum Gasteiger partial charge on any atom is -0.316 e. The van der Waals surface area contributed by atoms with Crippen molar-refractivity contribution in [3.63, 3.8) is 0 Å². The third-order valence-corrected chi connectivity index (χ3v) is 6.01. The van der Waals surface area contributed by atoms with Crippen molar-refractivity contribution in [2.75, 3.05) is 0 Å². The second-order valence-corrected chi connectivity index (χ2v) is 8.33. The monoisotopic (exact) mass is 462 g/mol. The molecule has 0 aliphatic rings. The van der Waals surface area contributed by atoms with Crippen molar-refractivity contribution in [3.05, 3.63) is 111 Å². The lowest BCUT2D eigenvalue weighted by Gasteiger charge is -2.10. The zero-order valence-corrected chi connectivity index (χ0v) is 18.1. The van der Waals surface area contributed by atoms with Crippen LogP contribution in [0, 0.1) is 0 Å². The molecule has 0 aliphatic heterocycles. The fraction of sp³-hybridized carbons (Fsp3) is 0.0833. The molecule has 5 heteroatoms. The maximum Gasteiger partial charge on any atom is 0.279 e. The van der Waals surface area contributed by atoms with Gasteiger partial charge in [-0.15, -0.1) is 11.3 Å². The Balaban J connectivity index is 1.73. The number of carbonyl (C=O) groups excluding carboxylic acids is 1. The van der Waals surface area contributed by atoms with Gasteiger partial charge >= 0.3 is 0 Å². The van der Waals surface area contributed by atoms with Gasteiger partial charge in [0.1, 0.15) is 0 Å². The zero-order valence-electron chi connectivity index (χ0n) is 15.7. The number of carbonyl (C=O) groups is 1. The highest BCUT2D eigenvalue weighted by atomic mass is 79.9. The summed E-state index contributed by atoms with van der Waals surface area (Å²) in [6.07, 6.45) is 0.869. The van der Waals surface area contributed by atoms with Gasteiger partial charge < -0.3 is 4.57 Å². The van der Waals surface area contributed by atoms with Gasteiger partial charge in [-0.2, -0.15) is 4.99 Å². The number of nitrogens with zero attached hydrogens (tertiary/aromatic N) is 2. The van der Waals surface area contributed by atoms with Gasteiger partial charge in [0.25, 0.3) is 5.91 Å². The molecule has 0 radical (unpaired) electrons. The summed E-state index contributed by atoms with van der Waals surface area (Å²) in [5, 5.41) is 2.07. The molecule has 4 aromatic rings. The Morgan fingerprint density at radius 3 is 2.24 bits per heavy atom. The number of benzene rings is 3. The Morgan fingerprint density at radius 2 is 1.55 bits per heavy atom. The van der Waals surface area contributed by atoms with Gasteiger partial charge in [0, 0.05) is 22.0 Å². The van der Waals surface area contributed by atoms with Gasteiger partial charge in [0.15, 0.2) is 4.80 Å². The van der Waals surface area contributed by atoms with Crippen molar-refractivity contribution in [1.82, 2.24) is 4.57 Å². The van der Waals surface area contributed by atoms with Crippen molar-refractivity contribution in [1.29, 1.82) is 0 Å². The Morgan fingerprint density at radius 1 is 0.897 bits per heavy atom. The normalized spacial score (nSPS) is 11.6. The highest BCUT2D eigenvalue weighted by molar-refractivity contribution is 9.10. The van der Waals surface area contributed by atoms with E-state index in [9.17, 15) is 4.79 Å². The molecule has 3 aromatic carbocycles.